The van der Waals surface area contributed by atoms with Crippen LogP contribution < -0.4 is 10.6 Å². The van der Waals surface area contributed by atoms with E-state index in [1.807, 2.05) is 50.2 Å². The highest BCUT2D eigenvalue weighted by atomic mass is 16.3. The predicted octanol–water partition coefficient (Wildman–Crippen LogP) is 3.20. The van der Waals surface area contributed by atoms with E-state index in [4.69, 9.17) is 4.42 Å². The van der Waals surface area contributed by atoms with Crippen LogP contribution in [0.15, 0.2) is 47.1 Å². The fourth-order valence-corrected chi connectivity index (χ4v) is 1.91. The highest BCUT2D eigenvalue weighted by Crippen LogP contribution is 2.17. The first-order valence-corrected chi connectivity index (χ1v) is 6.39. The summed E-state index contributed by atoms with van der Waals surface area (Å²) >= 11 is 0. The van der Waals surface area contributed by atoms with E-state index < -0.39 is 0 Å². The number of benzene rings is 1. The maximum atomic E-state index is 12.3. The summed E-state index contributed by atoms with van der Waals surface area (Å²) in [6.07, 6.45) is 1.60. The summed E-state index contributed by atoms with van der Waals surface area (Å²) < 4.78 is 5.28. The lowest BCUT2D eigenvalue weighted by Gasteiger charge is -2.14. The van der Waals surface area contributed by atoms with Crippen molar-refractivity contribution in [3.8, 4) is 0 Å². The lowest BCUT2D eigenvalue weighted by Crippen LogP contribution is -2.27. The van der Waals surface area contributed by atoms with Gasteiger partial charge in [-0.15, -0.1) is 0 Å². The molecule has 0 spiro atoms. The first-order chi connectivity index (χ1) is 9.22. The molecule has 2 N–H and O–H groups in total. The molecule has 1 atom stereocenters. The van der Waals surface area contributed by atoms with Crippen molar-refractivity contribution in [2.24, 2.45) is 0 Å². The quantitative estimate of drug-likeness (QED) is 0.866. The molecule has 0 aliphatic rings. The SMILES string of the molecule is CCNc1ccccc1C(=O)N[C@@H](C)c1ccco1. The minimum absolute atomic E-state index is 0.111. The summed E-state index contributed by atoms with van der Waals surface area (Å²) in [4.78, 5) is 12.3. The van der Waals surface area contributed by atoms with Crippen LogP contribution in [0.25, 0.3) is 0 Å². The first kappa shape index (κ1) is 13.2. The standard InChI is InChI=1S/C15H18N2O2/c1-3-16-13-8-5-4-7-12(13)15(18)17-11(2)14-9-6-10-19-14/h4-11,16H,3H2,1-2H3,(H,17,18)/t11-/m0/s1. The van der Waals surface area contributed by atoms with Gasteiger partial charge in [0.25, 0.3) is 5.91 Å². The Morgan fingerprint density at radius 3 is 2.74 bits per heavy atom. The Morgan fingerprint density at radius 2 is 2.05 bits per heavy atom. The van der Waals surface area contributed by atoms with Crippen LogP contribution in [0.1, 0.15) is 36.0 Å². The molecule has 4 heteroatoms. The van der Waals surface area contributed by atoms with Crippen molar-refractivity contribution < 1.29 is 9.21 Å². The second-order valence-corrected chi connectivity index (χ2v) is 4.29. The molecule has 1 amide bonds. The number of carbonyl (C=O) groups excluding carboxylic acids is 1. The van der Waals surface area contributed by atoms with Gasteiger partial charge in [0.05, 0.1) is 17.9 Å². The Balaban J connectivity index is 2.11. The molecule has 0 fully saturated rings. The lowest BCUT2D eigenvalue weighted by molar-refractivity contribution is 0.0936. The van der Waals surface area contributed by atoms with Gasteiger partial charge in [0.1, 0.15) is 5.76 Å². The smallest absolute Gasteiger partial charge is 0.253 e. The van der Waals surface area contributed by atoms with Crippen LogP contribution >= 0.6 is 0 Å². The van der Waals surface area contributed by atoms with Crippen molar-refractivity contribution in [3.05, 3.63) is 54.0 Å². The molecule has 0 aliphatic heterocycles. The number of hydrogen-bond acceptors (Lipinski definition) is 3. The number of hydrogen-bond donors (Lipinski definition) is 2. The molecule has 1 aromatic heterocycles. The van der Waals surface area contributed by atoms with Gasteiger partial charge in [0.2, 0.25) is 0 Å². The molecule has 0 radical (unpaired) electrons. The fraction of sp³-hybridized carbons (Fsp3) is 0.267. The summed E-state index contributed by atoms with van der Waals surface area (Å²) in [6.45, 7) is 4.67. The minimum Gasteiger partial charge on any atom is -0.467 e. The molecule has 2 rings (SSSR count). The topological polar surface area (TPSA) is 54.3 Å². The molecule has 1 aromatic carbocycles. The molecule has 19 heavy (non-hydrogen) atoms. The Kier molecular flexibility index (Phi) is 4.23. The summed E-state index contributed by atoms with van der Waals surface area (Å²) in [7, 11) is 0. The molecule has 100 valence electrons. The van der Waals surface area contributed by atoms with E-state index in [9.17, 15) is 4.79 Å². The molecule has 2 aromatic rings. The number of rotatable bonds is 5. The van der Waals surface area contributed by atoms with Crippen molar-refractivity contribution >= 4 is 11.6 Å². The van der Waals surface area contributed by atoms with Gasteiger partial charge in [-0.05, 0) is 38.1 Å². The third-order valence-corrected chi connectivity index (χ3v) is 2.86. The zero-order chi connectivity index (χ0) is 13.7. The van der Waals surface area contributed by atoms with E-state index in [0.717, 1.165) is 18.0 Å². The summed E-state index contributed by atoms with van der Waals surface area (Å²) in [5.74, 6) is 0.634. The van der Waals surface area contributed by atoms with E-state index in [1.165, 1.54) is 0 Å². The summed E-state index contributed by atoms with van der Waals surface area (Å²) in [5, 5.41) is 6.11. The average molecular weight is 258 g/mol. The largest absolute Gasteiger partial charge is 0.467 e. The number of carbonyl (C=O) groups is 1. The van der Waals surface area contributed by atoms with E-state index in [0.29, 0.717) is 5.56 Å². The predicted molar refractivity (Wildman–Crippen MR) is 75.2 cm³/mol. The molecule has 1 heterocycles. The highest BCUT2D eigenvalue weighted by Gasteiger charge is 2.15. The van der Waals surface area contributed by atoms with Crippen LogP contribution in [-0.2, 0) is 0 Å². The minimum atomic E-state index is -0.155. The summed E-state index contributed by atoms with van der Waals surface area (Å²) in [6, 6.07) is 11.0. The van der Waals surface area contributed by atoms with E-state index in [2.05, 4.69) is 10.6 Å². The van der Waals surface area contributed by atoms with Crippen LogP contribution in [0.3, 0.4) is 0 Å². The Labute approximate surface area is 112 Å². The fourth-order valence-electron chi connectivity index (χ4n) is 1.91. The van der Waals surface area contributed by atoms with Crippen LogP contribution in [0.2, 0.25) is 0 Å². The van der Waals surface area contributed by atoms with E-state index in [-0.39, 0.29) is 11.9 Å². The highest BCUT2D eigenvalue weighted by molar-refractivity contribution is 5.99. The molecular weight excluding hydrogens is 240 g/mol. The van der Waals surface area contributed by atoms with Crippen molar-refractivity contribution in [2.45, 2.75) is 19.9 Å². The van der Waals surface area contributed by atoms with Gasteiger partial charge in [-0.3, -0.25) is 4.79 Å². The van der Waals surface area contributed by atoms with Gasteiger partial charge in [-0.1, -0.05) is 12.1 Å². The third-order valence-electron chi connectivity index (χ3n) is 2.86. The second-order valence-electron chi connectivity index (χ2n) is 4.29. The Bertz CT molecular complexity index is 535. The number of furan rings is 1. The number of para-hydroxylation sites is 1. The van der Waals surface area contributed by atoms with Crippen molar-refractivity contribution in [1.29, 1.82) is 0 Å². The lowest BCUT2D eigenvalue weighted by atomic mass is 10.1. The van der Waals surface area contributed by atoms with Gasteiger partial charge < -0.3 is 15.1 Å². The van der Waals surface area contributed by atoms with Gasteiger partial charge in [0.15, 0.2) is 0 Å². The monoisotopic (exact) mass is 258 g/mol. The number of nitrogens with one attached hydrogen (secondary N) is 2. The maximum absolute atomic E-state index is 12.3. The molecule has 0 bridgehead atoms. The Morgan fingerprint density at radius 1 is 1.26 bits per heavy atom. The van der Waals surface area contributed by atoms with Crippen LogP contribution in [0.4, 0.5) is 5.69 Å². The Hall–Kier alpha value is -2.23. The van der Waals surface area contributed by atoms with Crippen LogP contribution in [0.5, 0.6) is 0 Å². The number of amides is 1. The first-order valence-electron chi connectivity index (χ1n) is 6.39. The summed E-state index contributed by atoms with van der Waals surface area (Å²) in [5.41, 5.74) is 1.48. The third kappa shape index (κ3) is 3.16. The normalized spacial score (nSPS) is 11.9. The molecule has 0 unspecified atom stereocenters. The van der Waals surface area contributed by atoms with Gasteiger partial charge in [-0.2, -0.15) is 0 Å². The number of anilines is 1. The van der Waals surface area contributed by atoms with Gasteiger partial charge in [0, 0.05) is 12.2 Å². The zero-order valence-corrected chi connectivity index (χ0v) is 11.1. The van der Waals surface area contributed by atoms with Crippen LogP contribution in [-0.4, -0.2) is 12.5 Å². The molecule has 4 nitrogen and oxygen atoms in total. The van der Waals surface area contributed by atoms with Crippen molar-refractivity contribution in [1.82, 2.24) is 5.32 Å². The second kappa shape index (κ2) is 6.09. The van der Waals surface area contributed by atoms with E-state index in [1.54, 1.807) is 6.26 Å². The van der Waals surface area contributed by atoms with Gasteiger partial charge in [-0.25, -0.2) is 0 Å². The van der Waals surface area contributed by atoms with Crippen LogP contribution in [0, 0.1) is 0 Å². The van der Waals surface area contributed by atoms with Gasteiger partial charge >= 0.3 is 0 Å². The molecular formula is C15H18N2O2. The zero-order valence-electron chi connectivity index (χ0n) is 11.1. The molecule has 0 saturated heterocycles. The molecule has 0 aliphatic carbocycles. The maximum Gasteiger partial charge on any atom is 0.253 e. The molecule has 0 saturated carbocycles. The van der Waals surface area contributed by atoms with Crippen molar-refractivity contribution in [3.63, 3.8) is 0 Å². The van der Waals surface area contributed by atoms with Crippen molar-refractivity contribution in [2.75, 3.05) is 11.9 Å². The average Bonchev–Trinajstić information content (AvgIpc) is 2.93. The van der Waals surface area contributed by atoms with E-state index >= 15 is 0 Å².